The summed E-state index contributed by atoms with van der Waals surface area (Å²) in [6, 6.07) is -1.55. The number of carbonyl (C=O) groups is 3. The summed E-state index contributed by atoms with van der Waals surface area (Å²) in [6.45, 7) is 1.51. The molecule has 7 nitrogen and oxygen atoms in total. The van der Waals surface area contributed by atoms with Crippen molar-refractivity contribution in [1.29, 1.82) is 0 Å². The van der Waals surface area contributed by atoms with E-state index in [1.54, 1.807) is 0 Å². The zero-order valence-electron chi connectivity index (χ0n) is 11.1. The molecule has 0 saturated heterocycles. The van der Waals surface area contributed by atoms with Crippen LogP contribution in [0.15, 0.2) is 0 Å². The number of hydrogen-bond acceptors (Lipinski definition) is 3. The van der Waals surface area contributed by atoms with Crippen molar-refractivity contribution < 1.29 is 19.5 Å². The quantitative estimate of drug-likeness (QED) is 0.575. The van der Waals surface area contributed by atoms with Crippen molar-refractivity contribution in [2.75, 3.05) is 0 Å². The number of hydrogen-bond donors (Lipinski definition) is 4. The highest BCUT2D eigenvalue weighted by molar-refractivity contribution is 5.87. The molecular formula is C12H21N3O4. The van der Waals surface area contributed by atoms with Gasteiger partial charge in [-0.15, -0.1) is 0 Å². The molecular weight excluding hydrogens is 250 g/mol. The summed E-state index contributed by atoms with van der Waals surface area (Å²) in [5.41, 5.74) is 4.25. The van der Waals surface area contributed by atoms with Crippen LogP contribution in [0.1, 0.15) is 45.4 Å². The normalized spacial score (nSPS) is 19.2. The molecule has 0 aromatic carbocycles. The van der Waals surface area contributed by atoms with E-state index in [1.807, 2.05) is 0 Å². The fourth-order valence-electron chi connectivity index (χ4n) is 2.51. The minimum Gasteiger partial charge on any atom is -0.481 e. The zero-order valence-corrected chi connectivity index (χ0v) is 11.1. The number of rotatable bonds is 5. The number of carboxylic acids is 1. The first kappa shape index (κ1) is 15.3. The Morgan fingerprint density at radius 3 is 2.32 bits per heavy atom. The van der Waals surface area contributed by atoms with Gasteiger partial charge in [0.25, 0.3) is 0 Å². The predicted octanol–water partition coefficient (Wildman–Crippen LogP) is 0.337. The standard InChI is InChI=1S/C12H21N3O4/c1-8(14-11(13)19)10(18)15-12(7-9(16)17)5-3-2-4-6-12/h8H,2-7H2,1H3,(H,15,18)(H,16,17)(H3,13,14,19). The van der Waals surface area contributed by atoms with Gasteiger partial charge in [-0.25, -0.2) is 4.79 Å². The lowest BCUT2D eigenvalue weighted by Crippen LogP contribution is -2.56. The van der Waals surface area contributed by atoms with Gasteiger partial charge in [0.05, 0.1) is 12.0 Å². The summed E-state index contributed by atoms with van der Waals surface area (Å²) in [4.78, 5) is 33.6. The molecule has 19 heavy (non-hydrogen) atoms. The predicted molar refractivity (Wildman–Crippen MR) is 68.4 cm³/mol. The van der Waals surface area contributed by atoms with Crippen LogP contribution in [0, 0.1) is 0 Å². The molecule has 0 aromatic heterocycles. The fraction of sp³-hybridized carbons (Fsp3) is 0.750. The monoisotopic (exact) mass is 271 g/mol. The maximum absolute atomic E-state index is 12.0. The summed E-state index contributed by atoms with van der Waals surface area (Å²) in [7, 11) is 0. The zero-order chi connectivity index (χ0) is 14.5. The second-order valence-electron chi connectivity index (χ2n) is 5.13. The molecule has 1 atom stereocenters. The third-order valence-electron chi connectivity index (χ3n) is 3.44. The highest BCUT2D eigenvalue weighted by atomic mass is 16.4. The van der Waals surface area contributed by atoms with E-state index in [0.717, 1.165) is 19.3 Å². The van der Waals surface area contributed by atoms with Crippen LogP contribution in [0.3, 0.4) is 0 Å². The molecule has 0 radical (unpaired) electrons. The summed E-state index contributed by atoms with van der Waals surface area (Å²) >= 11 is 0. The molecule has 3 amide bonds. The molecule has 0 heterocycles. The van der Waals surface area contributed by atoms with Gasteiger partial charge >= 0.3 is 12.0 Å². The maximum Gasteiger partial charge on any atom is 0.312 e. The summed E-state index contributed by atoms with van der Waals surface area (Å²) in [5, 5.41) is 14.0. The van der Waals surface area contributed by atoms with Crippen molar-refractivity contribution in [2.24, 2.45) is 5.73 Å². The van der Waals surface area contributed by atoms with E-state index in [4.69, 9.17) is 10.8 Å². The Balaban J connectivity index is 2.68. The highest BCUT2D eigenvalue weighted by Crippen LogP contribution is 2.31. The van der Waals surface area contributed by atoms with Crippen LogP contribution in [0.4, 0.5) is 4.79 Å². The van der Waals surface area contributed by atoms with Crippen molar-refractivity contribution >= 4 is 17.9 Å². The van der Waals surface area contributed by atoms with Gasteiger partial charge in [0.15, 0.2) is 0 Å². The van der Waals surface area contributed by atoms with E-state index in [2.05, 4.69) is 10.6 Å². The van der Waals surface area contributed by atoms with E-state index in [0.29, 0.717) is 12.8 Å². The van der Waals surface area contributed by atoms with Crippen LogP contribution < -0.4 is 16.4 Å². The summed E-state index contributed by atoms with van der Waals surface area (Å²) < 4.78 is 0. The van der Waals surface area contributed by atoms with Gasteiger partial charge in [0.2, 0.25) is 5.91 Å². The molecule has 0 aliphatic heterocycles. The topological polar surface area (TPSA) is 122 Å². The van der Waals surface area contributed by atoms with Crippen LogP contribution in [0.25, 0.3) is 0 Å². The first-order valence-corrected chi connectivity index (χ1v) is 6.44. The molecule has 0 bridgehead atoms. The van der Waals surface area contributed by atoms with Crippen LogP contribution in [-0.2, 0) is 9.59 Å². The second-order valence-corrected chi connectivity index (χ2v) is 5.13. The molecule has 1 rings (SSSR count). The Morgan fingerprint density at radius 2 is 1.84 bits per heavy atom. The lowest BCUT2D eigenvalue weighted by atomic mass is 9.79. The minimum absolute atomic E-state index is 0.0952. The molecule has 108 valence electrons. The highest BCUT2D eigenvalue weighted by Gasteiger charge is 2.36. The number of carbonyl (C=O) groups excluding carboxylic acids is 2. The number of amides is 3. The largest absolute Gasteiger partial charge is 0.481 e. The van der Waals surface area contributed by atoms with Gasteiger partial charge in [-0.2, -0.15) is 0 Å². The molecule has 0 aromatic rings. The lowest BCUT2D eigenvalue weighted by Gasteiger charge is -2.37. The molecule has 7 heteroatoms. The Bertz CT molecular complexity index is 364. The number of urea groups is 1. The average Bonchev–Trinajstić information content (AvgIpc) is 2.27. The van der Waals surface area contributed by atoms with E-state index in [1.165, 1.54) is 6.92 Å². The molecule has 1 aliphatic rings. The Hall–Kier alpha value is -1.79. The van der Waals surface area contributed by atoms with E-state index in [9.17, 15) is 14.4 Å². The van der Waals surface area contributed by atoms with Crippen LogP contribution in [-0.4, -0.2) is 34.6 Å². The van der Waals surface area contributed by atoms with Crippen molar-refractivity contribution in [1.82, 2.24) is 10.6 Å². The first-order valence-electron chi connectivity index (χ1n) is 6.44. The number of nitrogens with one attached hydrogen (secondary N) is 2. The SMILES string of the molecule is CC(NC(N)=O)C(=O)NC1(CC(=O)O)CCCCC1. The molecule has 1 saturated carbocycles. The Morgan fingerprint density at radius 1 is 1.26 bits per heavy atom. The van der Waals surface area contributed by atoms with E-state index < -0.39 is 29.5 Å². The summed E-state index contributed by atoms with van der Waals surface area (Å²) in [6.07, 6.45) is 4.04. The third-order valence-corrected chi connectivity index (χ3v) is 3.44. The van der Waals surface area contributed by atoms with Crippen molar-refractivity contribution in [3.05, 3.63) is 0 Å². The van der Waals surface area contributed by atoms with Gasteiger partial charge in [-0.3, -0.25) is 9.59 Å². The smallest absolute Gasteiger partial charge is 0.312 e. The number of nitrogens with two attached hydrogens (primary N) is 1. The fourth-order valence-corrected chi connectivity index (χ4v) is 2.51. The lowest BCUT2D eigenvalue weighted by molar-refractivity contribution is -0.139. The van der Waals surface area contributed by atoms with Gasteiger partial charge in [0.1, 0.15) is 6.04 Å². The minimum atomic E-state index is -0.933. The average molecular weight is 271 g/mol. The van der Waals surface area contributed by atoms with Gasteiger partial charge in [-0.1, -0.05) is 19.3 Å². The van der Waals surface area contributed by atoms with Gasteiger partial charge in [-0.05, 0) is 19.8 Å². The second kappa shape index (κ2) is 6.40. The molecule has 1 aliphatic carbocycles. The summed E-state index contributed by atoms with van der Waals surface area (Å²) in [5.74, 6) is -1.33. The Kier molecular flexibility index (Phi) is 5.14. The van der Waals surface area contributed by atoms with Crippen LogP contribution in [0.2, 0.25) is 0 Å². The van der Waals surface area contributed by atoms with E-state index in [-0.39, 0.29) is 6.42 Å². The van der Waals surface area contributed by atoms with E-state index >= 15 is 0 Å². The maximum atomic E-state index is 12.0. The molecule has 1 fully saturated rings. The molecule has 5 N–H and O–H groups in total. The van der Waals surface area contributed by atoms with Crippen molar-refractivity contribution in [3.8, 4) is 0 Å². The van der Waals surface area contributed by atoms with Gasteiger partial charge < -0.3 is 21.5 Å². The molecule has 0 spiro atoms. The molecule has 1 unspecified atom stereocenters. The first-order chi connectivity index (χ1) is 8.84. The van der Waals surface area contributed by atoms with Crippen LogP contribution in [0.5, 0.6) is 0 Å². The number of primary amides is 1. The number of carboxylic acid groups (broad SMARTS) is 1. The van der Waals surface area contributed by atoms with Gasteiger partial charge in [0, 0.05) is 0 Å². The van der Waals surface area contributed by atoms with Crippen molar-refractivity contribution in [3.63, 3.8) is 0 Å². The van der Waals surface area contributed by atoms with Crippen LogP contribution >= 0.6 is 0 Å². The number of aliphatic carboxylic acids is 1. The Labute approximate surface area is 111 Å². The third kappa shape index (κ3) is 4.76. The van der Waals surface area contributed by atoms with Crippen molar-refractivity contribution in [2.45, 2.75) is 57.0 Å².